The van der Waals surface area contributed by atoms with Crippen molar-refractivity contribution >= 4 is 32.5 Å². The molecule has 2 aromatic heterocycles. The molecule has 6 heteroatoms. The first-order valence-electron chi connectivity index (χ1n) is 5.17. The number of halogens is 1. The van der Waals surface area contributed by atoms with Crippen LogP contribution in [0.3, 0.4) is 0 Å². The summed E-state index contributed by atoms with van der Waals surface area (Å²) in [6.07, 6.45) is 5.29. The summed E-state index contributed by atoms with van der Waals surface area (Å²) in [5.41, 5.74) is 3.09. The van der Waals surface area contributed by atoms with Gasteiger partial charge in [-0.2, -0.15) is 5.10 Å². The molecule has 0 saturated carbocycles. The molecule has 1 aromatic carbocycles. The molecule has 3 N–H and O–H groups in total. The minimum atomic E-state index is 0.705. The van der Waals surface area contributed by atoms with E-state index in [1.165, 1.54) is 0 Å². The lowest BCUT2D eigenvalue weighted by molar-refractivity contribution is 1.08. The standard InChI is InChI=1S/C11H10BrN5/c12-7-1-10(9-5-16-17-11(9)2-7)14-4-8-3-13-6-15-8/h1-3,5-6,14H,4H2,(H,13,15)(H,16,17). The van der Waals surface area contributed by atoms with E-state index >= 15 is 0 Å². The molecule has 0 spiro atoms. The molecule has 0 amide bonds. The van der Waals surface area contributed by atoms with Crippen LogP contribution in [0.4, 0.5) is 5.69 Å². The van der Waals surface area contributed by atoms with Gasteiger partial charge in [-0.25, -0.2) is 4.98 Å². The van der Waals surface area contributed by atoms with Gasteiger partial charge >= 0.3 is 0 Å². The smallest absolute Gasteiger partial charge is 0.0922 e. The Morgan fingerprint density at radius 3 is 3.06 bits per heavy atom. The van der Waals surface area contributed by atoms with Crippen LogP contribution >= 0.6 is 15.9 Å². The van der Waals surface area contributed by atoms with Gasteiger partial charge in [-0.1, -0.05) is 15.9 Å². The van der Waals surface area contributed by atoms with Crippen LogP contribution in [0.25, 0.3) is 10.9 Å². The highest BCUT2D eigenvalue weighted by Gasteiger charge is 2.05. The number of aromatic nitrogens is 4. The number of benzene rings is 1. The maximum absolute atomic E-state index is 4.04. The van der Waals surface area contributed by atoms with Crippen molar-refractivity contribution in [2.24, 2.45) is 0 Å². The Bertz CT molecular complexity index is 628. The van der Waals surface area contributed by atoms with E-state index in [1.807, 2.05) is 18.3 Å². The summed E-state index contributed by atoms with van der Waals surface area (Å²) in [5, 5.41) is 11.4. The van der Waals surface area contributed by atoms with Gasteiger partial charge in [0.25, 0.3) is 0 Å². The summed E-state index contributed by atoms with van der Waals surface area (Å²) < 4.78 is 1.02. The van der Waals surface area contributed by atoms with E-state index < -0.39 is 0 Å². The maximum atomic E-state index is 4.04. The highest BCUT2D eigenvalue weighted by atomic mass is 79.9. The maximum Gasteiger partial charge on any atom is 0.0922 e. The van der Waals surface area contributed by atoms with Gasteiger partial charge in [0.05, 0.1) is 30.3 Å². The predicted octanol–water partition coefficient (Wildman–Crippen LogP) is 2.66. The largest absolute Gasteiger partial charge is 0.379 e. The van der Waals surface area contributed by atoms with Crippen molar-refractivity contribution in [3.05, 3.63) is 41.0 Å². The number of rotatable bonds is 3. The van der Waals surface area contributed by atoms with Gasteiger partial charge in [-0.05, 0) is 12.1 Å². The van der Waals surface area contributed by atoms with Crippen molar-refractivity contribution in [3.8, 4) is 0 Å². The summed E-state index contributed by atoms with van der Waals surface area (Å²) in [6, 6.07) is 4.04. The zero-order valence-electron chi connectivity index (χ0n) is 8.87. The van der Waals surface area contributed by atoms with E-state index in [-0.39, 0.29) is 0 Å². The Labute approximate surface area is 106 Å². The van der Waals surface area contributed by atoms with Gasteiger partial charge in [0.2, 0.25) is 0 Å². The molecule has 0 aliphatic rings. The number of hydrogen-bond acceptors (Lipinski definition) is 3. The second-order valence-electron chi connectivity index (χ2n) is 3.71. The molecule has 0 aliphatic carbocycles. The van der Waals surface area contributed by atoms with Crippen LogP contribution in [-0.4, -0.2) is 20.2 Å². The van der Waals surface area contributed by atoms with Crippen molar-refractivity contribution in [2.45, 2.75) is 6.54 Å². The molecular formula is C11H10BrN5. The minimum Gasteiger partial charge on any atom is -0.379 e. The van der Waals surface area contributed by atoms with Gasteiger partial charge < -0.3 is 10.3 Å². The molecule has 86 valence electrons. The predicted molar refractivity (Wildman–Crippen MR) is 69.7 cm³/mol. The summed E-state index contributed by atoms with van der Waals surface area (Å²) in [5.74, 6) is 0. The van der Waals surface area contributed by atoms with E-state index in [1.54, 1.807) is 12.5 Å². The lowest BCUT2D eigenvalue weighted by Gasteiger charge is -2.06. The third kappa shape index (κ3) is 2.03. The van der Waals surface area contributed by atoms with Crippen molar-refractivity contribution < 1.29 is 0 Å². The van der Waals surface area contributed by atoms with Crippen LogP contribution in [0.1, 0.15) is 5.69 Å². The van der Waals surface area contributed by atoms with E-state index in [4.69, 9.17) is 0 Å². The molecule has 5 nitrogen and oxygen atoms in total. The second-order valence-corrected chi connectivity index (χ2v) is 4.63. The molecular weight excluding hydrogens is 282 g/mol. The summed E-state index contributed by atoms with van der Waals surface area (Å²) >= 11 is 3.48. The fraction of sp³-hybridized carbons (Fsp3) is 0.0909. The second kappa shape index (κ2) is 4.21. The van der Waals surface area contributed by atoms with Crippen LogP contribution in [0.15, 0.2) is 35.3 Å². The number of hydrogen-bond donors (Lipinski definition) is 3. The SMILES string of the molecule is Brc1cc(NCc2cnc[nH]2)c2cn[nH]c2c1. The molecule has 0 atom stereocenters. The average molecular weight is 292 g/mol. The fourth-order valence-electron chi connectivity index (χ4n) is 1.73. The number of H-pyrrole nitrogens is 2. The minimum absolute atomic E-state index is 0.705. The van der Waals surface area contributed by atoms with Crippen molar-refractivity contribution in [1.29, 1.82) is 0 Å². The molecule has 0 saturated heterocycles. The van der Waals surface area contributed by atoms with Gasteiger partial charge in [0.1, 0.15) is 0 Å². The molecule has 3 rings (SSSR count). The monoisotopic (exact) mass is 291 g/mol. The molecule has 0 unspecified atom stereocenters. The van der Waals surface area contributed by atoms with Gasteiger partial charge in [0, 0.05) is 21.7 Å². The lowest BCUT2D eigenvalue weighted by Crippen LogP contribution is -1.99. The molecule has 3 aromatic rings. The van der Waals surface area contributed by atoms with Gasteiger partial charge in [-0.15, -0.1) is 0 Å². The Balaban J connectivity index is 1.91. The Morgan fingerprint density at radius 1 is 1.29 bits per heavy atom. The van der Waals surface area contributed by atoms with E-state index in [9.17, 15) is 0 Å². The van der Waals surface area contributed by atoms with E-state index in [0.29, 0.717) is 6.54 Å². The van der Waals surface area contributed by atoms with Crippen molar-refractivity contribution in [1.82, 2.24) is 20.2 Å². The fourth-order valence-corrected chi connectivity index (χ4v) is 2.19. The first-order chi connectivity index (χ1) is 8.33. The summed E-state index contributed by atoms with van der Waals surface area (Å²) in [4.78, 5) is 7.04. The first kappa shape index (κ1) is 10.3. The zero-order chi connectivity index (χ0) is 11.7. The number of aromatic amines is 2. The van der Waals surface area contributed by atoms with Crippen molar-refractivity contribution in [2.75, 3.05) is 5.32 Å². The van der Waals surface area contributed by atoms with Crippen LogP contribution in [0, 0.1) is 0 Å². The summed E-state index contributed by atoms with van der Waals surface area (Å²) in [6.45, 7) is 0.705. The van der Waals surface area contributed by atoms with Crippen LogP contribution in [0.5, 0.6) is 0 Å². The molecule has 0 fully saturated rings. The van der Waals surface area contributed by atoms with Crippen LogP contribution in [-0.2, 0) is 6.54 Å². The van der Waals surface area contributed by atoms with Crippen molar-refractivity contribution in [3.63, 3.8) is 0 Å². The normalized spacial score (nSPS) is 10.9. The lowest BCUT2D eigenvalue weighted by atomic mass is 10.2. The number of nitrogens with one attached hydrogen (secondary N) is 3. The van der Waals surface area contributed by atoms with Crippen LogP contribution in [0.2, 0.25) is 0 Å². The number of nitrogens with zero attached hydrogens (tertiary/aromatic N) is 2. The summed E-state index contributed by atoms with van der Waals surface area (Å²) in [7, 11) is 0. The Hall–Kier alpha value is -1.82. The molecule has 17 heavy (non-hydrogen) atoms. The number of fused-ring (bicyclic) bond motifs is 1. The third-order valence-corrected chi connectivity index (χ3v) is 3.01. The van der Waals surface area contributed by atoms with Crippen LogP contribution < -0.4 is 5.32 Å². The molecule has 2 heterocycles. The molecule has 0 aliphatic heterocycles. The molecule has 0 radical (unpaired) electrons. The first-order valence-corrected chi connectivity index (χ1v) is 5.96. The zero-order valence-corrected chi connectivity index (χ0v) is 10.5. The average Bonchev–Trinajstić information content (AvgIpc) is 2.95. The van der Waals surface area contributed by atoms with E-state index in [2.05, 4.69) is 41.4 Å². The quantitative estimate of drug-likeness (QED) is 0.695. The van der Waals surface area contributed by atoms with Gasteiger partial charge in [-0.3, -0.25) is 5.10 Å². The highest BCUT2D eigenvalue weighted by molar-refractivity contribution is 9.10. The third-order valence-electron chi connectivity index (χ3n) is 2.55. The Kier molecular flexibility index (Phi) is 2.56. The highest BCUT2D eigenvalue weighted by Crippen LogP contribution is 2.26. The Morgan fingerprint density at radius 2 is 2.24 bits per heavy atom. The van der Waals surface area contributed by atoms with Gasteiger partial charge in [0.15, 0.2) is 0 Å². The topological polar surface area (TPSA) is 69.4 Å². The molecule has 0 bridgehead atoms. The van der Waals surface area contributed by atoms with E-state index in [0.717, 1.165) is 26.8 Å². The number of anilines is 1. The number of imidazole rings is 1.